The smallest absolute Gasteiger partial charge is 0.122 e. The SMILES string of the molecule is CCNC(CC)Cc1cc(C)ccc1OCC. The van der Waals surface area contributed by atoms with Crippen molar-refractivity contribution in [2.24, 2.45) is 0 Å². The van der Waals surface area contributed by atoms with Crippen LogP contribution in [0.1, 0.15) is 38.3 Å². The summed E-state index contributed by atoms with van der Waals surface area (Å²) in [4.78, 5) is 0. The van der Waals surface area contributed by atoms with Crippen molar-refractivity contribution in [2.75, 3.05) is 13.2 Å². The number of ether oxygens (including phenoxy) is 1. The van der Waals surface area contributed by atoms with Gasteiger partial charge in [0.1, 0.15) is 5.75 Å². The van der Waals surface area contributed by atoms with E-state index in [-0.39, 0.29) is 0 Å². The average Bonchev–Trinajstić information content (AvgIpc) is 2.32. The van der Waals surface area contributed by atoms with E-state index in [1.165, 1.54) is 11.1 Å². The monoisotopic (exact) mass is 235 g/mol. The Morgan fingerprint density at radius 3 is 2.59 bits per heavy atom. The lowest BCUT2D eigenvalue weighted by atomic mass is 10.0. The number of nitrogens with one attached hydrogen (secondary N) is 1. The van der Waals surface area contributed by atoms with E-state index < -0.39 is 0 Å². The Morgan fingerprint density at radius 2 is 2.00 bits per heavy atom. The van der Waals surface area contributed by atoms with Crippen LogP contribution in [0, 0.1) is 6.92 Å². The van der Waals surface area contributed by atoms with E-state index in [1.54, 1.807) is 0 Å². The van der Waals surface area contributed by atoms with Gasteiger partial charge in [0.05, 0.1) is 6.61 Å². The highest BCUT2D eigenvalue weighted by Gasteiger charge is 2.10. The number of aryl methyl sites for hydroxylation is 1. The Balaban J connectivity index is 2.82. The maximum atomic E-state index is 5.69. The quantitative estimate of drug-likeness (QED) is 0.782. The molecule has 0 aromatic heterocycles. The Hall–Kier alpha value is -1.02. The number of rotatable bonds is 7. The molecule has 2 nitrogen and oxygen atoms in total. The van der Waals surface area contributed by atoms with Gasteiger partial charge in [0.15, 0.2) is 0 Å². The van der Waals surface area contributed by atoms with E-state index >= 15 is 0 Å². The van der Waals surface area contributed by atoms with Gasteiger partial charge in [0.2, 0.25) is 0 Å². The normalized spacial score (nSPS) is 12.5. The van der Waals surface area contributed by atoms with Crippen LogP contribution in [0.5, 0.6) is 5.75 Å². The molecule has 1 aromatic rings. The van der Waals surface area contributed by atoms with Crippen molar-refractivity contribution in [3.8, 4) is 5.75 Å². The second-order valence-corrected chi connectivity index (χ2v) is 4.41. The van der Waals surface area contributed by atoms with E-state index in [4.69, 9.17) is 4.74 Å². The van der Waals surface area contributed by atoms with Crippen LogP contribution in [-0.2, 0) is 6.42 Å². The van der Waals surface area contributed by atoms with E-state index in [0.29, 0.717) is 6.04 Å². The van der Waals surface area contributed by atoms with E-state index in [0.717, 1.165) is 31.7 Å². The van der Waals surface area contributed by atoms with Gasteiger partial charge >= 0.3 is 0 Å². The topological polar surface area (TPSA) is 21.3 Å². The fourth-order valence-corrected chi connectivity index (χ4v) is 2.08. The Morgan fingerprint density at radius 1 is 1.24 bits per heavy atom. The maximum absolute atomic E-state index is 5.69. The van der Waals surface area contributed by atoms with Gasteiger partial charge in [-0.25, -0.2) is 0 Å². The standard InChI is InChI=1S/C15H25NO/c1-5-14(16-6-2)11-13-10-12(4)8-9-15(13)17-7-3/h8-10,14,16H,5-7,11H2,1-4H3. The third-order valence-corrected chi connectivity index (χ3v) is 2.97. The molecule has 0 aliphatic carbocycles. The summed E-state index contributed by atoms with van der Waals surface area (Å²) in [5, 5.41) is 3.51. The lowest BCUT2D eigenvalue weighted by Crippen LogP contribution is -2.30. The van der Waals surface area contributed by atoms with Crippen molar-refractivity contribution in [1.82, 2.24) is 5.32 Å². The third-order valence-electron chi connectivity index (χ3n) is 2.97. The van der Waals surface area contributed by atoms with E-state index in [9.17, 15) is 0 Å². The molecule has 17 heavy (non-hydrogen) atoms. The minimum absolute atomic E-state index is 0.543. The second-order valence-electron chi connectivity index (χ2n) is 4.41. The van der Waals surface area contributed by atoms with Crippen LogP contribution in [0.4, 0.5) is 0 Å². The number of benzene rings is 1. The maximum Gasteiger partial charge on any atom is 0.122 e. The van der Waals surface area contributed by atoms with Crippen molar-refractivity contribution >= 4 is 0 Å². The zero-order valence-electron chi connectivity index (χ0n) is 11.5. The predicted molar refractivity (Wildman–Crippen MR) is 73.8 cm³/mol. The first-order chi connectivity index (χ1) is 8.21. The fraction of sp³-hybridized carbons (Fsp3) is 0.600. The summed E-state index contributed by atoms with van der Waals surface area (Å²) in [5.74, 6) is 1.04. The summed E-state index contributed by atoms with van der Waals surface area (Å²) in [5.41, 5.74) is 2.62. The van der Waals surface area contributed by atoms with Crippen LogP contribution in [0.2, 0.25) is 0 Å². The minimum atomic E-state index is 0.543. The summed E-state index contributed by atoms with van der Waals surface area (Å²) in [7, 11) is 0. The Kier molecular flexibility index (Phi) is 6.06. The molecule has 1 unspecified atom stereocenters. The molecule has 0 bridgehead atoms. The highest BCUT2D eigenvalue weighted by molar-refractivity contribution is 5.37. The van der Waals surface area contributed by atoms with Crippen LogP contribution >= 0.6 is 0 Å². The molecule has 0 saturated carbocycles. The van der Waals surface area contributed by atoms with Gasteiger partial charge in [-0.15, -0.1) is 0 Å². The van der Waals surface area contributed by atoms with Crippen LogP contribution < -0.4 is 10.1 Å². The van der Waals surface area contributed by atoms with E-state index in [1.807, 2.05) is 6.92 Å². The zero-order chi connectivity index (χ0) is 12.7. The molecule has 2 heteroatoms. The lowest BCUT2D eigenvalue weighted by molar-refractivity contribution is 0.334. The molecule has 0 fully saturated rings. The van der Waals surface area contributed by atoms with Crippen molar-refractivity contribution in [3.63, 3.8) is 0 Å². The summed E-state index contributed by atoms with van der Waals surface area (Å²) in [6.07, 6.45) is 2.19. The van der Waals surface area contributed by atoms with Crippen molar-refractivity contribution in [1.29, 1.82) is 0 Å². The molecule has 0 amide bonds. The second kappa shape index (κ2) is 7.33. The molecular formula is C15H25NO. The van der Waals surface area contributed by atoms with Gasteiger partial charge in [-0.3, -0.25) is 0 Å². The number of likely N-dealkylation sites (N-methyl/N-ethyl adjacent to an activating group) is 1. The molecule has 0 aliphatic heterocycles. The molecule has 0 aliphatic rings. The van der Waals surface area contributed by atoms with Gasteiger partial charge in [0, 0.05) is 6.04 Å². The third kappa shape index (κ3) is 4.39. The fourth-order valence-electron chi connectivity index (χ4n) is 2.08. The first-order valence-electron chi connectivity index (χ1n) is 6.66. The van der Waals surface area contributed by atoms with Gasteiger partial charge in [-0.05, 0) is 44.9 Å². The summed E-state index contributed by atoms with van der Waals surface area (Å²) >= 11 is 0. The van der Waals surface area contributed by atoms with Gasteiger partial charge < -0.3 is 10.1 Å². The molecule has 0 spiro atoms. The van der Waals surface area contributed by atoms with Crippen LogP contribution in [0.25, 0.3) is 0 Å². The van der Waals surface area contributed by atoms with E-state index in [2.05, 4.69) is 44.3 Å². The first kappa shape index (κ1) is 14.0. The zero-order valence-corrected chi connectivity index (χ0v) is 11.5. The van der Waals surface area contributed by atoms with Crippen LogP contribution in [0.3, 0.4) is 0 Å². The lowest BCUT2D eigenvalue weighted by Gasteiger charge is -2.18. The highest BCUT2D eigenvalue weighted by Crippen LogP contribution is 2.22. The van der Waals surface area contributed by atoms with Gasteiger partial charge in [-0.2, -0.15) is 0 Å². The van der Waals surface area contributed by atoms with Gasteiger partial charge in [0.25, 0.3) is 0 Å². The molecule has 0 saturated heterocycles. The Bertz CT molecular complexity index is 336. The summed E-state index contributed by atoms with van der Waals surface area (Å²) in [6, 6.07) is 6.99. The molecule has 1 N–H and O–H groups in total. The first-order valence-corrected chi connectivity index (χ1v) is 6.66. The highest BCUT2D eigenvalue weighted by atomic mass is 16.5. The summed E-state index contributed by atoms with van der Waals surface area (Å²) in [6.45, 7) is 10.3. The van der Waals surface area contributed by atoms with Crippen LogP contribution in [0.15, 0.2) is 18.2 Å². The predicted octanol–water partition coefficient (Wildman–Crippen LogP) is 3.32. The minimum Gasteiger partial charge on any atom is -0.494 e. The molecule has 1 atom stereocenters. The number of hydrogen-bond donors (Lipinski definition) is 1. The van der Waals surface area contributed by atoms with Crippen molar-refractivity contribution < 1.29 is 4.74 Å². The Labute approximate surface area is 105 Å². The van der Waals surface area contributed by atoms with Gasteiger partial charge in [-0.1, -0.05) is 31.5 Å². The molecule has 96 valence electrons. The molecular weight excluding hydrogens is 210 g/mol. The summed E-state index contributed by atoms with van der Waals surface area (Å²) < 4.78 is 5.69. The number of hydrogen-bond acceptors (Lipinski definition) is 2. The van der Waals surface area contributed by atoms with Crippen LogP contribution in [-0.4, -0.2) is 19.2 Å². The molecule has 1 rings (SSSR count). The molecule has 0 radical (unpaired) electrons. The van der Waals surface area contributed by atoms with Crippen molar-refractivity contribution in [3.05, 3.63) is 29.3 Å². The average molecular weight is 235 g/mol. The van der Waals surface area contributed by atoms with Crippen molar-refractivity contribution in [2.45, 2.75) is 46.6 Å². The molecule has 0 heterocycles. The molecule has 1 aromatic carbocycles. The largest absolute Gasteiger partial charge is 0.494 e.